The zero-order valence-corrected chi connectivity index (χ0v) is 43.4. The van der Waals surface area contributed by atoms with Crippen LogP contribution in [0.5, 0.6) is 11.5 Å². The molecule has 5 atom stereocenters. The summed E-state index contributed by atoms with van der Waals surface area (Å²) in [5.74, 6) is 1.62. The molecule has 7 rings (SSSR count). The molecular formula is C58H75NO5Si2. The molecule has 1 heterocycles. The van der Waals surface area contributed by atoms with Gasteiger partial charge in [0.25, 0.3) is 16.6 Å². The minimum absolute atomic E-state index is 0.0304. The molecule has 0 spiro atoms. The van der Waals surface area contributed by atoms with Gasteiger partial charge in [0.1, 0.15) is 11.5 Å². The number of likely N-dealkylation sites (tertiary alicyclic amines) is 1. The van der Waals surface area contributed by atoms with Crippen molar-refractivity contribution in [2.24, 2.45) is 11.8 Å². The average Bonchev–Trinajstić information content (AvgIpc) is 3.76. The molecule has 1 saturated heterocycles. The number of ether oxygens (including phenoxy) is 2. The van der Waals surface area contributed by atoms with E-state index in [0.717, 1.165) is 55.6 Å². The smallest absolute Gasteiger partial charge is 0.261 e. The summed E-state index contributed by atoms with van der Waals surface area (Å²) in [6, 6.07) is 50.0. The minimum Gasteiger partial charge on any atom is -0.497 e. The van der Waals surface area contributed by atoms with Crippen molar-refractivity contribution in [3.05, 3.63) is 157 Å². The van der Waals surface area contributed by atoms with Gasteiger partial charge in [-0.15, -0.1) is 0 Å². The lowest BCUT2D eigenvalue weighted by Gasteiger charge is -2.46. The highest BCUT2D eigenvalue weighted by molar-refractivity contribution is 7.00. The zero-order valence-electron chi connectivity index (χ0n) is 41.4. The van der Waals surface area contributed by atoms with E-state index in [1.54, 1.807) is 14.2 Å². The highest BCUT2D eigenvalue weighted by Crippen LogP contribution is 2.56. The number of rotatable bonds is 19. The van der Waals surface area contributed by atoms with Gasteiger partial charge in [-0.1, -0.05) is 208 Å². The number of benzene rings is 5. The van der Waals surface area contributed by atoms with Gasteiger partial charge in [0, 0.05) is 36.1 Å². The van der Waals surface area contributed by atoms with Crippen molar-refractivity contribution < 1.29 is 23.1 Å². The molecule has 8 heteroatoms. The number of hydrogen-bond acceptors (Lipinski definition) is 5. The molecular weight excluding hydrogens is 847 g/mol. The van der Waals surface area contributed by atoms with Crippen LogP contribution in [0.3, 0.4) is 0 Å². The monoisotopic (exact) mass is 922 g/mol. The Morgan fingerprint density at radius 3 is 1.67 bits per heavy atom. The van der Waals surface area contributed by atoms with E-state index in [2.05, 4.69) is 194 Å². The molecule has 2 fully saturated rings. The Hall–Kier alpha value is -4.74. The molecule has 0 N–H and O–H groups in total. The van der Waals surface area contributed by atoms with E-state index >= 15 is 0 Å². The molecule has 0 bridgehead atoms. The first-order valence-electron chi connectivity index (χ1n) is 24.5. The van der Waals surface area contributed by atoms with Crippen LogP contribution in [0.1, 0.15) is 106 Å². The second-order valence-electron chi connectivity index (χ2n) is 20.7. The summed E-state index contributed by atoms with van der Waals surface area (Å²) in [6.07, 6.45) is 10.8. The molecule has 66 heavy (non-hydrogen) atoms. The normalized spacial score (nSPS) is 20.7. The van der Waals surface area contributed by atoms with Gasteiger partial charge in [-0.3, -0.25) is 4.79 Å². The predicted molar refractivity (Wildman–Crippen MR) is 278 cm³/mol. The number of nitrogens with zero attached hydrogens (tertiary/aromatic N) is 1. The zero-order chi connectivity index (χ0) is 47.2. The number of fused-ring (bicyclic) bond motifs is 1. The Labute approximate surface area is 399 Å². The fourth-order valence-electron chi connectivity index (χ4n) is 11.7. The first kappa shape index (κ1) is 49.2. The van der Waals surface area contributed by atoms with Crippen LogP contribution < -0.4 is 30.2 Å². The van der Waals surface area contributed by atoms with Crippen molar-refractivity contribution in [2.45, 2.75) is 135 Å². The molecule has 5 aromatic rings. The second-order valence-corrected chi connectivity index (χ2v) is 29.2. The summed E-state index contributed by atoms with van der Waals surface area (Å²) in [7, 11) is -2.56. The molecule has 2 aliphatic rings. The van der Waals surface area contributed by atoms with Gasteiger partial charge in [-0.25, -0.2) is 0 Å². The summed E-state index contributed by atoms with van der Waals surface area (Å²) < 4.78 is 27.7. The molecule has 1 aliphatic heterocycles. The summed E-state index contributed by atoms with van der Waals surface area (Å²) in [5, 5.41) is 4.69. The van der Waals surface area contributed by atoms with Gasteiger partial charge < -0.3 is 23.2 Å². The van der Waals surface area contributed by atoms with E-state index in [0.29, 0.717) is 13.0 Å². The maximum Gasteiger partial charge on any atom is 0.261 e. The highest BCUT2D eigenvalue weighted by atomic mass is 28.4. The Kier molecular flexibility index (Phi) is 15.4. The fourth-order valence-corrected chi connectivity index (χ4v) is 21.1. The lowest BCUT2D eigenvalue weighted by Crippen LogP contribution is -2.68. The SMILES string of the molecule is CCCCC[C@@H](C=CC1C(O[Si](c2ccccc2)(c2ccccc2)C(C)(C)C)CC2(CC)C1CC(=O)N2Cc1ccc(OC)cc1OC)O[Si](c1ccccc1)(c1ccccc1)C(C)(C)C. The number of hydrogen-bond donors (Lipinski definition) is 0. The van der Waals surface area contributed by atoms with E-state index in [9.17, 15) is 4.79 Å². The predicted octanol–water partition coefficient (Wildman–Crippen LogP) is 11.2. The van der Waals surface area contributed by atoms with Crippen LogP contribution in [0.2, 0.25) is 10.1 Å². The fraction of sp³-hybridized carbons (Fsp3) is 0.431. The van der Waals surface area contributed by atoms with Crippen LogP contribution in [-0.4, -0.2) is 59.4 Å². The highest BCUT2D eigenvalue weighted by Gasteiger charge is 2.63. The number of amides is 1. The van der Waals surface area contributed by atoms with Crippen LogP contribution in [0, 0.1) is 11.8 Å². The summed E-state index contributed by atoms with van der Waals surface area (Å²) in [4.78, 5) is 16.9. The maximum absolute atomic E-state index is 14.7. The van der Waals surface area contributed by atoms with Gasteiger partial charge in [0.2, 0.25) is 5.91 Å². The topological polar surface area (TPSA) is 57.2 Å². The van der Waals surface area contributed by atoms with Gasteiger partial charge in [-0.2, -0.15) is 0 Å². The van der Waals surface area contributed by atoms with Crippen molar-refractivity contribution >= 4 is 43.3 Å². The third-order valence-electron chi connectivity index (χ3n) is 14.9. The summed E-state index contributed by atoms with van der Waals surface area (Å²) in [6.45, 7) is 19.2. The molecule has 0 aromatic heterocycles. The van der Waals surface area contributed by atoms with Crippen molar-refractivity contribution in [3.63, 3.8) is 0 Å². The lowest BCUT2D eigenvalue weighted by atomic mass is 9.81. The number of unbranched alkanes of at least 4 members (excludes halogenated alkanes) is 2. The standard InChI is InChI=1S/C58H75NO5Si2/c1-11-13-18-27-45(63-65(56(3,4)5,47-28-19-14-20-29-47)48-30-21-15-22-31-48)38-39-51-52-41-55(60)59(43-44-36-37-46(61-9)40-53(44)62-10)58(52,12-2)42-54(51)64-66(57(6,7)8,49-32-23-16-24-33-49)50-34-25-17-26-35-50/h14-17,19-26,28-40,45,51-52,54H,11-13,18,27,41-43H2,1-10H3/t45-,51?,52?,54?,58?/m0/s1. The quantitative estimate of drug-likeness (QED) is 0.0469. The average molecular weight is 922 g/mol. The van der Waals surface area contributed by atoms with Gasteiger partial charge in [0.15, 0.2) is 0 Å². The van der Waals surface area contributed by atoms with Gasteiger partial charge >= 0.3 is 0 Å². The lowest BCUT2D eigenvalue weighted by molar-refractivity contribution is -0.132. The van der Waals surface area contributed by atoms with Gasteiger partial charge in [0.05, 0.1) is 26.4 Å². The first-order chi connectivity index (χ1) is 31.7. The molecule has 4 unspecified atom stereocenters. The minimum atomic E-state index is -3.02. The molecule has 0 radical (unpaired) electrons. The van der Waals surface area contributed by atoms with Crippen molar-refractivity contribution in [1.29, 1.82) is 0 Å². The van der Waals surface area contributed by atoms with Crippen molar-refractivity contribution in [2.75, 3.05) is 14.2 Å². The van der Waals surface area contributed by atoms with Crippen LogP contribution in [0.25, 0.3) is 0 Å². The summed E-state index contributed by atoms with van der Waals surface area (Å²) in [5.41, 5.74) is 0.530. The number of carbonyl (C=O) groups is 1. The van der Waals surface area contributed by atoms with Crippen LogP contribution in [-0.2, 0) is 20.2 Å². The van der Waals surface area contributed by atoms with Crippen LogP contribution in [0.15, 0.2) is 152 Å². The van der Waals surface area contributed by atoms with E-state index in [1.165, 1.54) is 20.7 Å². The Morgan fingerprint density at radius 2 is 1.21 bits per heavy atom. The third-order valence-corrected chi connectivity index (χ3v) is 25.1. The molecule has 1 amide bonds. The van der Waals surface area contributed by atoms with E-state index in [-0.39, 0.29) is 40.0 Å². The van der Waals surface area contributed by atoms with Crippen molar-refractivity contribution in [3.8, 4) is 11.5 Å². The third kappa shape index (κ3) is 9.40. The largest absolute Gasteiger partial charge is 0.497 e. The number of carbonyl (C=O) groups excluding carboxylic acids is 1. The molecule has 6 nitrogen and oxygen atoms in total. The Balaban J connectivity index is 1.39. The first-order valence-corrected chi connectivity index (χ1v) is 28.3. The summed E-state index contributed by atoms with van der Waals surface area (Å²) >= 11 is 0. The molecule has 350 valence electrons. The molecule has 1 aliphatic carbocycles. The maximum atomic E-state index is 14.7. The Bertz CT molecular complexity index is 2280. The Morgan fingerprint density at radius 1 is 0.697 bits per heavy atom. The van der Waals surface area contributed by atoms with Crippen molar-refractivity contribution in [1.82, 2.24) is 4.90 Å². The van der Waals surface area contributed by atoms with Crippen LogP contribution in [0.4, 0.5) is 0 Å². The van der Waals surface area contributed by atoms with Crippen LogP contribution >= 0.6 is 0 Å². The van der Waals surface area contributed by atoms with E-state index in [1.807, 2.05) is 18.2 Å². The van der Waals surface area contributed by atoms with E-state index in [4.69, 9.17) is 18.3 Å². The van der Waals surface area contributed by atoms with Gasteiger partial charge in [-0.05, 0) is 68.1 Å². The molecule has 1 saturated carbocycles. The number of methoxy groups -OCH3 is 2. The second kappa shape index (κ2) is 20.6. The van der Waals surface area contributed by atoms with E-state index < -0.39 is 22.2 Å². The molecule has 5 aromatic carbocycles.